The minimum atomic E-state index is -1.34. The van der Waals surface area contributed by atoms with Crippen LogP contribution in [0.1, 0.15) is 6.92 Å². The van der Waals surface area contributed by atoms with Gasteiger partial charge in [-0.3, -0.25) is 9.59 Å². The number of hydrogen-bond donors (Lipinski definition) is 2. The lowest BCUT2D eigenvalue weighted by Crippen LogP contribution is -2.46. The van der Waals surface area contributed by atoms with Crippen molar-refractivity contribution in [1.29, 1.82) is 0 Å². The van der Waals surface area contributed by atoms with Gasteiger partial charge in [0.05, 0.1) is 12.2 Å². The van der Waals surface area contributed by atoms with Gasteiger partial charge in [-0.1, -0.05) is 12.2 Å². The van der Waals surface area contributed by atoms with Crippen molar-refractivity contribution in [1.82, 2.24) is 0 Å². The number of carboxylic acids is 2. The lowest BCUT2D eigenvalue weighted by Gasteiger charge is -2.28. The molecule has 0 aromatic carbocycles. The van der Waals surface area contributed by atoms with Gasteiger partial charge < -0.3 is 14.9 Å². The predicted octanol–water partition coefficient (Wildman–Crippen LogP) is 0.115. The van der Waals surface area contributed by atoms with Crippen molar-refractivity contribution in [2.24, 2.45) is 11.3 Å². The Bertz CT molecular complexity index is 334. The van der Waals surface area contributed by atoms with Crippen LogP contribution in [0, 0.1) is 11.3 Å². The zero-order valence-corrected chi connectivity index (χ0v) is 7.51. The van der Waals surface area contributed by atoms with Crippen LogP contribution < -0.4 is 0 Å². The highest BCUT2D eigenvalue weighted by atomic mass is 16.5. The second-order valence-corrected chi connectivity index (χ2v) is 3.81. The van der Waals surface area contributed by atoms with Crippen LogP contribution in [-0.2, 0) is 14.3 Å². The normalized spacial score (nSPS) is 44.2. The first-order chi connectivity index (χ1) is 6.48. The number of hydrogen-bond acceptors (Lipinski definition) is 3. The van der Waals surface area contributed by atoms with Gasteiger partial charge in [0, 0.05) is 0 Å². The quantitative estimate of drug-likeness (QED) is 0.615. The van der Waals surface area contributed by atoms with E-state index in [9.17, 15) is 9.59 Å². The Morgan fingerprint density at radius 1 is 1.36 bits per heavy atom. The van der Waals surface area contributed by atoms with Gasteiger partial charge in [0.1, 0.15) is 11.3 Å². The van der Waals surface area contributed by atoms with Crippen molar-refractivity contribution >= 4 is 11.9 Å². The minimum Gasteiger partial charge on any atom is -0.481 e. The summed E-state index contributed by atoms with van der Waals surface area (Å²) >= 11 is 0. The highest BCUT2D eigenvalue weighted by molar-refractivity contribution is 5.86. The molecule has 2 N–H and O–H groups in total. The number of ether oxygens (including phenoxy) is 1. The summed E-state index contributed by atoms with van der Waals surface area (Å²) < 4.78 is 5.25. The molecule has 5 nitrogen and oxygen atoms in total. The molecule has 0 spiro atoms. The van der Waals surface area contributed by atoms with Gasteiger partial charge in [0.25, 0.3) is 0 Å². The maximum atomic E-state index is 11.1. The van der Waals surface area contributed by atoms with E-state index >= 15 is 0 Å². The molecule has 0 aliphatic carbocycles. The summed E-state index contributed by atoms with van der Waals surface area (Å²) in [5, 5.41) is 18.0. The third-order valence-corrected chi connectivity index (χ3v) is 3.07. The molecule has 2 rings (SSSR count). The molecule has 1 fully saturated rings. The largest absolute Gasteiger partial charge is 0.481 e. The first-order valence-electron chi connectivity index (χ1n) is 4.28. The van der Waals surface area contributed by atoms with Gasteiger partial charge in [-0.2, -0.15) is 0 Å². The van der Waals surface area contributed by atoms with Crippen molar-refractivity contribution in [3.8, 4) is 0 Å². The van der Waals surface area contributed by atoms with E-state index < -0.39 is 35.5 Å². The van der Waals surface area contributed by atoms with Crippen LogP contribution in [0.15, 0.2) is 12.2 Å². The summed E-state index contributed by atoms with van der Waals surface area (Å²) in [6.07, 6.45) is 2.02. The van der Waals surface area contributed by atoms with Crippen LogP contribution in [0.3, 0.4) is 0 Å². The van der Waals surface area contributed by atoms with E-state index in [1.54, 1.807) is 12.2 Å². The molecule has 76 valence electrons. The summed E-state index contributed by atoms with van der Waals surface area (Å²) in [5.41, 5.74) is -1.34. The lowest BCUT2D eigenvalue weighted by atomic mass is 9.70. The van der Waals surface area contributed by atoms with Gasteiger partial charge >= 0.3 is 11.9 Å². The van der Waals surface area contributed by atoms with Crippen LogP contribution in [0.2, 0.25) is 0 Å². The van der Waals surface area contributed by atoms with Gasteiger partial charge in [-0.15, -0.1) is 0 Å². The number of carboxylic acid groups (broad SMARTS) is 2. The third kappa shape index (κ3) is 0.874. The first kappa shape index (κ1) is 9.21. The lowest BCUT2D eigenvalue weighted by molar-refractivity contribution is -0.160. The second kappa shape index (κ2) is 2.57. The zero-order chi connectivity index (χ0) is 10.5. The standard InChI is InChI=1S/C9H10O5/c1-9(8(12)13)5-3-2-4(14-5)6(9)7(10)11/h2-6H,1H3,(H,10,11)(H,12,13). The molecule has 0 saturated carbocycles. The molecule has 0 amide bonds. The molecule has 2 aliphatic rings. The Morgan fingerprint density at radius 2 is 2.00 bits per heavy atom. The van der Waals surface area contributed by atoms with E-state index in [2.05, 4.69) is 0 Å². The fourth-order valence-corrected chi connectivity index (χ4v) is 2.17. The van der Waals surface area contributed by atoms with Crippen LogP contribution in [-0.4, -0.2) is 34.4 Å². The SMILES string of the molecule is CC1(C(=O)O)C2C=CC(O2)C1C(=O)O. The molecule has 0 radical (unpaired) electrons. The van der Waals surface area contributed by atoms with E-state index in [4.69, 9.17) is 14.9 Å². The smallest absolute Gasteiger partial charge is 0.313 e. The Kier molecular flexibility index (Phi) is 1.69. The molecule has 0 aromatic heterocycles. The number of rotatable bonds is 2. The van der Waals surface area contributed by atoms with Crippen molar-refractivity contribution in [3.05, 3.63) is 12.2 Å². The van der Waals surface area contributed by atoms with E-state index in [1.165, 1.54) is 6.92 Å². The van der Waals surface area contributed by atoms with E-state index in [1.807, 2.05) is 0 Å². The van der Waals surface area contributed by atoms with Crippen molar-refractivity contribution < 1.29 is 24.5 Å². The zero-order valence-electron chi connectivity index (χ0n) is 7.51. The molecule has 4 unspecified atom stereocenters. The molecule has 1 saturated heterocycles. The number of aliphatic carboxylic acids is 2. The predicted molar refractivity (Wildman–Crippen MR) is 44.7 cm³/mol. The molecule has 2 heterocycles. The van der Waals surface area contributed by atoms with Gasteiger partial charge in [0.2, 0.25) is 0 Å². The molecule has 0 aromatic rings. The fourth-order valence-electron chi connectivity index (χ4n) is 2.17. The second-order valence-electron chi connectivity index (χ2n) is 3.81. The summed E-state index contributed by atoms with van der Waals surface area (Å²) in [6.45, 7) is 1.42. The monoisotopic (exact) mass is 198 g/mol. The van der Waals surface area contributed by atoms with Crippen LogP contribution >= 0.6 is 0 Å². The molecule has 14 heavy (non-hydrogen) atoms. The Balaban J connectivity index is 2.45. The highest BCUT2D eigenvalue weighted by Gasteiger charge is 2.62. The van der Waals surface area contributed by atoms with Crippen molar-refractivity contribution in [3.63, 3.8) is 0 Å². The summed E-state index contributed by atoms with van der Waals surface area (Å²) in [7, 11) is 0. The molecular weight excluding hydrogens is 188 g/mol. The van der Waals surface area contributed by atoms with E-state index in [0.717, 1.165) is 0 Å². The summed E-state index contributed by atoms with van der Waals surface area (Å²) in [4.78, 5) is 22.0. The maximum absolute atomic E-state index is 11.1. The highest BCUT2D eigenvalue weighted by Crippen LogP contribution is 2.48. The third-order valence-electron chi connectivity index (χ3n) is 3.07. The van der Waals surface area contributed by atoms with Crippen LogP contribution in [0.5, 0.6) is 0 Å². The Labute approximate surface area is 80.0 Å². The van der Waals surface area contributed by atoms with Gasteiger partial charge in [0.15, 0.2) is 0 Å². The molecular formula is C9H10O5. The number of fused-ring (bicyclic) bond motifs is 2. The Hall–Kier alpha value is -1.36. The maximum Gasteiger partial charge on any atom is 0.313 e. The van der Waals surface area contributed by atoms with Crippen molar-refractivity contribution in [2.75, 3.05) is 0 Å². The number of carbonyl (C=O) groups is 2. The van der Waals surface area contributed by atoms with Crippen LogP contribution in [0.25, 0.3) is 0 Å². The summed E-state index contributed by atoms with van der Waals surface area (Å²) in [6, 6.07) is 0. The topological polar surface area (TPSA) is 83.8 Å². The average molecular weight is 198 g/mol. The fraction of sp³-hybridized carbons (Fsp3) is 0.556. The Morgan fingerprint density at radius 3 is 2.43 bits per heavy atom. The van der Waals surface area contributed by atoms with Gasteiger partial charge in [-0.05, 0) is 6.92 Å². The molecule has 2 aliphatic heterocycles. The molecule has 5 heteroatoms. The average Bonchev–Trinajstić information content (AvgIpc) is 2.61. The van der Waals surface area contributed by atoms with E-state index in [0.29, 0.717) is 0 Å². The summed E-state index contributed by atoms with van der Waals surface area (Å²) in [5.74, 6) is -3.23. The molecule has 4 atom stereocenters. The van der Waals surface area contributed by atoms with Crippen molar-refractivity contribution in [2.45, 2.75) is 19.1 Å². The first-order valence-corrected chi connectivity index (χ1v) is 4.28. The van der Waals surface area contributed by atoms with E-state index in [-0.39, 0.29) is 0 Å². The minimum absolute atomic E-state index is 0.599. The molecule has 2 bridgehead atoms. The van der Waals surface area contributed by atoms with Gasteiger partial charge in [-0.25, -0.2) is 0 Å². The van der Waals surface area contributed by atoms with Crippen LogP contribution in [0.4, 0.5) is 0 Å².